The molecule has 0 spiro atoms. The van der Waals surface area contributed by atoms with Crippen LogP contribution in [-0.2, 0) is 0 Å². The van der Waals surface area contributed by atoms with Crippen molar-refractivity contribution in [1.29, 1.82) is 5.26 Å². The first-order valence-electron chi connectivity index (χ1n) is 9.01. The van der Waals surface area contributed by atoms with E-state index in [2.05, 4.69) is 37.3 Å². The first kappa shape index (κ1) is 18.1. The van der Waals surface area contributed by atoms with Gasteiger partial charge in [-0.25, -0.2) is 0 Å². The summed E-state index contributed by atoms with van der Waals surface area (Å²) in [5.74, 6) is 1.08. The Balaban J connectivity index is 1.72. The number of rotatable bonds is 10. The predicted octanol–water partition coefficient (Wildman–Crippen LogP) is 6.23. The highest BCUT2D eigenvalue weighted by Gasteiger charge is 2.07. The van der Waals surface area contributed by atoms with Crippen LogP contribution < -0.4 is 4.74 Å². The molecule has 2 heteroatoms. The molecule has 0 aromatic heterocycles. The van der Waals surface area contributed by atoms with Crippen molar-refractivity contribution in [1.82, 2.24) is 0 Å². The Bertz CT molecular complexity index is 613. The SMILES string of the molecule is CCCCCC(C#N)CCCOc1ccc(-c2ccccc2)cc1. The molecule has 2 aromatic rings. The van der Waals surface area contributed by atoms with Crippen molar-refractivity contribution in [2.45, 2.75) is 45.4 Å². The highest BCUT2D eigenvalue weighted by molar-refractivity contribution is 5.63. The number of hydrogen-bond donors (Lipinski definition) is 0. The number of nitrogens with zero attached hydrogens (tertiary/aromatic N) is 1. The lowest BCUT2D eigenvalue weighted by atomic mass is 9.98. The molecule has 0 saturated heterocycles. The number of hydrogen-bond acceptors (Lipinski definition) is 2. The fraction of sp³-hybridized carbons (Fsp3) is 0.409. The molecule has 24 heavy (non-hydrogen) atoms. The summed E-state index contributed by atoms with van der Waals surface area (Å²) in [5.41, 5.74) is 2.41. The Morgan fingerprint density at radius 3 is 2.21 bits per heavy atom. The zero-order valence-electron chi connectivity index (χ0n) is 14.6. The number of unbranched alkanes of at least 4 members (excludes halogenated alkanes) is 2. The summed E-state index contributed by atoms with van der Waals surface area (Å²) >= 11 is 0. The Morgan fingerprint density at radius 1 is 0.875 bits per heavy atom. The third-order valence-electron chi connectivity index (χ3n) is 4.27. The van der Waals surface area contributed by atoms with Crippen LogP contribution in [0.4, 0.5) is 0 Å². The Hall–Kier alpha value is -2.27. The van der Waals surface area contributed by atoms with Crippen LogP contribution in [0.15, 0.2) is 54.6 Å². The van der Waals surface area contributed by atoms with E-state index in [9.17, 15) is 5.26 Å². The van der Waals surface area contributed by atoms with Crippen LogP contribution in [0.1, 0.15) is 45.4 Å². The Kier molecular flexibility index (Phi) is 7.90. The van der Waals surface area contributed by atoms with Gasteiger partial charge in [0, 0.05) is 5.92 Å². The number of benzene rings is 2. The van der Waals surface area contributed by atoms with E-state index in [0.717, 1.165) is 31.4 Å². The van der Waals surface area contributed by atoms with Crippen molar-refractivity contribution in [3.63, 3.8) is 0 Å². The summed E-state index contributed by atoms with van der Waals surface area (Å²) in [6.45, 7) is 2.87. The fourth-order valence-corrected chi connectivity index (χ4v) is 2.81. The van der Waals surface area contributed by atoms with Crippen molar-refractivity contribution >= 4 is 0 Å². The highest BCUT2D eigenvalue weighted by Crippen LogP contribution is 2.22. The minimum Gasteiger partial charge on any atom is -0.494 e. The van der Waals surface area contributed by atoms with Crippen molar-refractivity contribution in [2.75, 3.05) is 6.61 Å². The summed E-state index contributed by atoms with van der Waals surface area (Å²) in [6.07, 6.45) is 6.49. The van der Waals surface area contributed by atoms with E-state index in [1.54, 1.807) is 0 Å². The molecular weight excluding hydrogens is 294 g/mol. The van der Waals surface area contributed by atoms with Crippen LogP contribution in [0.5, 0.6) is 5.75 Å². The van der Waals surface area contributed by atoms with Crippen molar-refractivity contribution in [3.8, 4) is 22.9 Å². The largest absolute Gasteiger partial charge is 0.494 e. The van der Waals surface area contributed by atoms with Gasteiger partial charge in [0.2, 0.25) is 0 Å². The monoisotopic (exact) mass is 321 g/mol. The number of nitriles is 1. The average molecular weight is 321 g/mol. The van der Waals surface area contributed by atoms with E-state index in [0.29, 0.717) is 6.61 Å². The lowest BCUT2D eigenvalue weighted by Gasteiger charge is -2.10. The molecule has 0 heterocycles. The van der Waals surface area contributed by atoms with Crippen molar-refractivity contribution < 1.29 is 4.74 Å². The molecule has 0 aliphatic rings. The molecule has 0 saturated carbocycles. The van der Waals surface area contributed by atoms with Crippen molar-refractivity contribution in [2.24, 2.45) is 5.92 Å². The topological polar surface area (TPSA) is 33.0 Å². The van der Waals surface area contributed by atoms with Crippen LogP contribution in [-0.4, -0.2) is 6.61 Å². The van der Waals surface area contributed by atoms with Gasteiger partial charge < -0.3 is 4.74 Å². The van der Waals surface area contributed by atoms with E-state index < -0.39 is 0 Å². The summed E-state index contributed by atoms with van der Waals surface area (Å²) in [7, 11) is 0. The van der Waals surface area contributed by atoms with Crippen LogP contribution >= 0.6 is 0 Å². The normalized spacial score (nSPS) is 11.7. The minimum absolute atomic E-state index is 0.181. The lowest BCUT2D eigenvalue weighted by molar-refractivity contribution is 0.297. The first-order valence-corrected chi connectivity index (χ1v) is 9.01. The van der Waals surface area contributed by atoms with E-state index in [-0.39, 0.29) is 5.92 Å². The molecule has 0 fully saturated rings. The second-order valence-corrected chi connectivity index (χ2v) is 6.20. The van der Waals surface area contributed by atoms with Gasteiger partial charge in [0.05, 0.1) is 12.7 Å². The summed E-state index contributed by atoms with van der Waals surface area (Å²) in [4.78, 5) is 0. The van der Waals surface area contributed by atoms with Gasteiger partial charge in [-0.05, 0) is 42.5 Å². The van der Waals surface area contributed by atoms with Gasteiger partial charge in [-0.15, -0.1) is 0 Å². The summed E-state index contributed by atoms with van der Waals surface area (Å²) in [6, 6.07) is 21.0. The van der Waals surface area contributed by atoms with E-state index >= 15 is 0 Å². The molecule has 1 atom stereocenters. The maximum atomic E-state index is 9.19. The maximum absolute atomic E-state index is 9.19. The molecule has 0 amide bonds. The van der Waals surface area contributed by atoms with E-state index in [1.165, 1.54) is 24.0 Å². The van der Waals surface area contributed by atoms with Gasteiger partial charge >= 0.3 is 0 Å². The zero-order chi connectivity index (χ0) is 17.0. The van der Waals surface area contributed by atoms with Gasteiger partial charge in [-0.3, -0.25) is 0 Å². The van der Waals surface area contributed by atoms with Gasteiger partial charge in [0.25, 0.3) is 0 Å². The molecule has 2 nitrogen and oxygen atoms in total. The molecule has 126 valence electrons. The quantitative estimate of drug-likeness (QED) is 0.486. The molecule has 0 bridgehead atoms. The van der Waals surface area contributed by atoms with Crippen LogP contribution in [0.25, 0.3) is 11.1 Å². The molecule has 1 unspecified atom stereocenters. The minimum atomic E-state index is 0.181. The smallest absolute Gasteiger partial charge is 0.119 e. The third kappa shape index (κ3) is 6.08. The Labute approximate surface area is 146 Å². The molecule has 2 aromatic carbocycles. The Morgan fingerprint density at radius 2 is 1.54 bits per heavy atom. The van der Waals surface area contributed by atoms with Gasteiger partial charge in [0.1, 0.15) is 5.75 Å². The van der Waals surface area contributed by atoms with Crippen LogP contribution in [0.3, 0.4) is 0 Å². The molecule has 0 radical (unpaired) electrons. The number of ether oxygens (including phenoxy) is 1. The van der Waals surface area contributed by atoms with Gasteiger partial charge in [0.15, 0.2) is 0 Å². The standard InChI is InChI=1S/C22H27NO/c1-2-3-5-9-19(18-23)10-8-17-24-22-15-13-21(14-16-22)20-11-6-4-7-12-20/h4,6-7,11-16,19H,2-3,5,8-10,17H2,1H3. The second kappa shape index (κ2) is 10.5. The second-order valence-electron chi connectivity index (χ2n) is 6.20. The fourth-order valence-electron chi connectivity index (χ4n) is 2.81. The van der Waals surface area contributed by atoms with Gasteiger partial charge in [-0.1, -0.05) is 68.7 Å². The predicted molar refractivity (Wildman–Crippen MR) is 99.9 cm³/mol. The molecular formula is C22H27NO. The summed E-state index contributed by atoms with van der Waals surface area (Å²) < 4.78 is 5.81. The van der Waals surface area contributed by atoms with Crippen LogP contribution in [0, 0.1) is 17.2 Å². The van der Waals surface area contributed by atoms with E-state index in [4.69, 9.17) is 4.74 Å². The van der Waals surface area contributed by atoms with E-state index in [1.807, 2.05) is 30.3 Å². The van der Waals surface area contributed by atoms with Crippen LogP contribution in [0.2, 0.25) is 0 Å². The van der Waals surface area contributed by atoms with Gasteiger partial charge in [-0.2, -0.15) is 5.26 Å². The van der Waals surface area contributed by atoms with Crippen molar-refractivity contribution in [3.05, 3.63) is 54.6 Å². The zero-order valence-corrected chi connectivity index (χ0v) is 14.6. The average Bonchev–Trinajstić information content (AvgIpc) is 2.65. The molecule has 0 aliphatic heterocycles. The summed E-state index contributed by atoms with van der Waals surface area (Å²) in [5, 5.41) is 9.19. The lowest BCUT2D eigenvalue weighted by Crippen LogP contribution is -2.03. The molecule has 2 rings (SSSR count). The highest BCUT2D eigenvalue weighted by atomic mass is 16.5. The third-order valence-corrected chi connectivity index (χ3v) is 4.27. The molecule has 0 N–H and O–H groups in total. The molecule has 0 aliphatic carbocycles. The first-order chi connectivity index (χ1) is 11.8. The maximum Gasteiger partial charge on any atom is 0.119 e.